The van der Waals surface area contributed by atoms with Crippen LogP contribution in [0.3, 0.4) is 0 Å². The number of aromatic carboxylic acids is 1. The Morgan fingerprint density at radius 2 is 1.94 bits per heavy atom. The summed E-state index contributed by atoms with van der Waals surface area (Å²) in [5.74, 6) is -1.64. The van der Waals surface area contributed by atoms with E-state index in [9.17, 15) is 18.7 Å². The van der Waals surface area contributed by atoms with E-state index in [0.29, 0.717) is 17.2 Å². The number of halogens is 2. The van der Waals surface area contributed by atoms with Gasteiger partial charge in [0.05, 0.1) is 16.8 Å². The molecule has 156 valence electrons. The second kappa shape index (κ2) is 7.30. The Kier molecular flexibility index (Phi) is 4.58. The van der Waals surface area contributed by atoms with E-state index in [1.807, 2.05) is 29.9 Å². The van der Waals surface area contributed by atoms with Crippen LogP contribution >= 0.6 is 0 Å². The molecule has 1 fully saturated rings. The number of fused-ring (bicyclic) bond motifs is 1. The number of rotatable bonds is 5. The molecule has 2 aromatic heterocycles. The summed E-state index contributed by atoms with van der Waals surface area (Å²) < 4.78 is 30.4. The van der Waals surface area contributed by atoms with Gasteiger partial charge in [0.1, 0.15) is 11.6 Å². The first-order valence-corrected chi connectivity index (χ1v) is 10.2. The lowest BCUT2D eigenvalue weighted by Gasteiger charge is -2.13. The largest absolute Gasteiger partial charge is 0.478 e. The van der Waals surface area contributed by atoms with Gasteiger partial charge in [-0.25, -0.2) is 13.6 Å². The summed E-state index contributed by atoms with van der Waals surface area (Å²) in [5.41, 5.74) is 3.90. The third kappa shape index (κ3) is 3.58. The molecule has 1 aliphatic rings. The van der Waals surface area contributed by atoms with Crippen LogP contribution < -0.4 is 0 Å². The van der Waals surface area contributed by atoms with Crippen molar-refractivity contribution in [3.8, 4) is 11.1 Å². The van der Waals surface area contributed by atoms with Crippen molar-refractivity contribution in [1.82, 2.24) is 9.55 Å². The minimum atomic E-state index is -1.01. The molecule has 0 saturated heterocycles. The second-order valence-electron chi connectivity index (χ2n) is 8.15. The Hall–Kier alpha value is -3.54. The second-order valence-corrected chi connectivity index (χ2v) is 8.15. The van der Waals surface area contributed by atoms with Crippen LogP contribution in [0.25, 0.3) is 22.0 Å². The molecule has 0 aliphatic heterocycles. The molecule has 0 spiro atoms. The van der Waals surface area contributed by atoms with Crippen LogP contribution in [-0.2, 0) is 13.5 Å². The third-order valence-electron chi connectivity index (χ3n) is 5.89. The number of hydrogen-bond acceptors (Lipinski definition) is 2. The molecule has 2 aromatic carbocycles. The van der Waals surface area contributed by atoms with E-state index in [1.54, 1.807) is 18.3 Å². The van der Waals surface area contributed by atoms with Crippen LogP contribution in [0.15, 0.2) is 54.9 Å². The number of hydrogen-bond donors (Lipinski definition) is 1. The minimum absolute atomic E-state index is 0.171. The van der Waals surface area contributed by atoms with Gasteiger partial charge >= 0.3 is 5.97 Å². The van der Waals surface area contributed by atoms with Gasteiger partial charge in [0.25, 0.3) is 0 Å². The van der Waals surface area contributed by atoms with Gasteiger partial charge < -0.3 is 9.67 Å². The lowest BCUT2D eigenvalue weighted by Crippen LogP contribution is -2.07. The summed E-state index contributed by atoms with van der Waals surface area (Å²) in [6, 6.07) is 10.8. The minimum Gasteiger partial charge on any atom is -0.478 e. The summed E-state index contributed by atoms with van der Waals surface area (Å²) >= 11 is 0. The van der Waals surface area contributed by atoms with Crippen LogP contribution in [0, 0.1) is 11.6 Å². The average Bonchev–Trinajstić information content (AvgIpc) is 3.53. The van der Waals surface area contributed by atoms with E-state index in [0.717, 1.165) is 47.0 Å². The number of benzene rings is 2. The van der Waals surface area contributed by atoms with Gasteiger partial charge in [0.2, 0.25) is 0 Å². The maximum absolute atomic E-state index is 14.6. The lowest BCUT2D eigenvalue weighted by molar-refractivity contribution is 0.0695. The Bertz CT molecular complexity index is 1340. The van der Waals surface area contributed by atoms with E-state index in [1.165, 1.54) is 6.07 Å². The number of nitrogens with zero attached hydrogens (tertiary/aromatic N) is 2. The van der Waals surface area contributed by atoms with Gasteiger partial charge in [0.15, 0.2) is 0 Å². The Balaban J connectivity index is 1.64. The number of carboxylic acid groups (broad SMARTS) is 1. The number of pyridine rings is 1. The van der Waals surface area contributed by atoms with E-state index in [2.05, 4.69) is 4.98 Å². The smallest absolute Gasteiger partial charge is 0.337 e. The van der Waals surface area contributed by atoms with Crippen LogP contribution in [-0.4, -0.2) is 20.6 Å². The van der Waals surface area contributed by atoms with Crippen LogP contribution in [0.4, 0.5) is 8.78 Å². The van der Waals surface area contributed by atoms with Crippen molar-refractivity contribution in [2.24, 2.45) is 7.05 Å². The molecule has 0 bridgehead atoms. The molecule has 1 saturated carbocycles. The quantitative estimate of drug-likeness (QED) is 0.453. The first-order valence-electron chi connectivity index (χ1n) is 10.2. The van der Waals surface area contributed by atoms with Crippen LogP contribution in [0.5, 0.6) is 0 Å². The fourth-order valence-corrected chi connectivity index (χ4v) is 4.19. The number of carbonyl (C=O) groups is 1. The van der Waals surface area contributed by atoms with E-state index in [-0.39, 0.29) is 17.5 Å². The fourth-order valence-electron chi connectivity index (χ4n) is 4.19. The van der Waals surface area contributed by atoms with Crippen molar-refractivity contribution in [1.29, 1.82) is 0 Å². The summed E-state index contributed by atoms with van der Waals surface area (Å²) in [6.45, 7) is 0. The predicted octanol–water partition coefficient (Wildman–Crippen LogP) is 5.68. The summed E-state index contributed by atoms with van der Waals surface area (Å²) in [6.07, 6.45) is 6.02. The number of aromatic nitrogens is 2. The number of carboxylic acids is 1. The molecule has 5 rings (SSSR count). The van der Waals surface area contributed by atoms with Crippen LogP contribution in [0.1, 0.15) is 45.9 Å². The SMILES string of the molecule is Cn1ccc2cc(Cc3ncc(C4CC4)cc3C(=O)O)cc(-c3cc(F)ccc3F)c21. The molecule has 31 heavy (non-hydrogen) atoms. The van der Waals surface area contributed by atoms with Gasteiger partial charge in [-0.15, -0.1) is 0 Å². The summed E-state index contributed by atoms with van der Waals surface area (Å²) in [4.78, 5) is 16.3. The topological polar surface area (TPSA) is 55.1 Å². The maximum Gasteiger partial charge on any atom is 0.337 e. The normalized spacial score (nSPS) is 13.6. The molecule has 1 aliphatic carbocycles. The van der Waals surface area contributed by atoms with Crippen molar-refractivity contribution in [2.45, 2.75) is 25.2 Å². The molecule has 0 atom stereocenters. The molecule has 0 unspecified atom stereocenters. The van der Waals surface area contributed by atoms with Gasteiger partial charge in [-0.2, -0.15) is 0 Å². The van der Waals surface area contributed by atoms with E-state index in [4.69, 9.17) is 0 Å². The molecule has 4 nitrogen and oxygen atoms in total. The average molecular weight is 418 g/mol. The number of aryl methyl sites for hydroxylation is 1. The Morgan fingerprint density at radius 1 is 1.13 bits per heavy atom. The highest BCUT2D eigenvalue weighted by atomic mass is 19.1. The fraction of sp³-hybridized carbons (Fsp3) is 0.200. The molecule has 0 radical (unpaired) electrons. The highest BCUT2D eigenvalue weighted by Crippen LogP contribution is 2.40. The van der Waals surface area contributed by atoms with Gasteiger partial charge in [-0.05, 0) is 72.4 Å². The third-order valence-corrected chi connectivity index (χ3v) is 5.89. The molecule has 2 heterocycles. The molecule has 1 N–H and O–H groups in total. The monoisotopic (exact) mass is 418 g/mol. The van der Waals surface area contributed by atoms with Gasteiger partial charge in [-0.1, -0.05) is 0 Å². The van der Waals surface area contributed by atoms with Crippen molar-refractivity contribution < 1.29 is 18.7 Å². The van der Waals surface area contributed by atoms with E-state index >= 15 is 0 Å². The highest BCUT2D eigenvalue weighted by Gasteiger charge is 2.26. The van der Waals surface area contributed by atoms with Crippen LogP contribution in [0.2, 0.25) is 0 Å². The standard InChI is InChI=1S/C25H20F2N2O2/c1-29-7-6-16-8-14(9-20(24(16)29)19-12-18(26)4-5-22(19)27)10-23-21(25(30)31)11-17(13-28-23)15-2-3-15/h4-9,11-13,15H,2-3,10H2,1H3,(H,30,31). The Morgan fingerprint density at radius 3 is 2.68 bits per heavy atom. The maximum atomic E-state index is 14.6. The van der Waals surface area contributed by atoms with Crippen molar-refractivity contribution >= 4 is 16.9 Å². The first-order chi connectivity index (χ1) is 14.9. The molecule has 6 heteroatoms. The van der Waals surface area contributed by atoms with Crippen molar-refractivity contribution in [3.05, 3.63) is 88.9 Å². The Labute approximate surface area is 177 Å². The summed E-state index contributed by atoms with van der Waals surface area (Å²) in [5, 5.41) is 10.6. The zero-order chi connectivity index (χ0) is 21.7. The zero-order valence-corrected chi connectivity index (χ0v) is 16.9. The zero-order valence-electron chi connectivity index (χ0n) is 16.9. The van der Waals surface area contributed by atoms with Crippen molar-refractivity contribution in [3.63, 3.8) is 0 Å². The van der Waals surface area contributed by atoms with E-state index < -0.39 is 17.6 Å². The first kappa shape index (κ1) is 19.4. The molecule has 0 amide bonds. The summed E-state index contributed by atoms with van der Waals surface area (Å²) in [7, 11) is 1.85. The molecule has 4 aromatic rings. The van der Waals surface area contributed by atoms with Gasteiger partial charge in [-0.3, -0.25) is 4.98 Å². The highest BCUT2D eigenvalue weighted by molar-refractivity contribution is 5.96. The molecular formula is C25H20F2N2O2. The molecular weight excluding hydrogens is 398 g/mol. The van der Waals surface area contributed by atoms with Gasteiger partial charge in [0, 0.05) is 42.4 Å². The van der Waals surface area contributed by atoms with Crippen molar-refractivity contribution in [2.75, 3.05) is 0 Å². The lowest BCUT2D eigenvalue weighted by atomic mass is 9.96. The predicted molar refractivity (Wildman–Crippen MR) is 114 cm³/mol.